The molecule has 0 amide bonds. The minimum Gasteiger partial charge on any atom is -0.207 e. The zero-order valence-electron chi connectivity index (χ0n) is 6.67. The molecule has 14 heavy (non-hydrogen) atoms. The lowest BCUT2D eigenvalue weighted by atomic mass is 10.2. The van der Waals surface area contributed by atoms with Crippen LogP contribution in [0.2, 0.25) is 5.02 Å². The van der Waals surface area contributed by atoms with E-state index in [-0.39, 0.29) is 5.82 Å². The van der Waals surface area contributed by atoms with E-state index in [1.807, 2.05) is 0 Å². The van der Waals surface area contributed by atoms with E-state index in [2.05, 4.69) is 32.8 Å². The molecule has 0 aliphatic rings. The molecule has 0 saturated heterocycles. The first kappa shape index (κ1) is 10.3. The Labute approximate surface area is 102 Å². The van der Waals surface area contributed by atoms with Crippen LogP contribution in [-0.4, -0.2) is 10.2 Å². The smallest absolute Gasteiger partial charge is 0.178 e. The maximum Gasteiger partial charge on any atom is 0.178 e. The summed E-state index contributed by atoms with van der Waals surface area (Å²) in [5.74, 6) is -0.349. The van der Waals surface area contributed by atoms with Gasteiger partial charge in [0.05, 0.1) is 5.02 Å². The highest BCUT2D eigenvalue weighted by atomic mass is 127. The van der Waals surface area contributed by atoms with Crippen LogP contribution in [0.15, 0.2) is 18.2 Å². The fourth-order valence-electron chi connectivity index (χ4n) is 0.977. The summed E-state index contributed by atoms with van der Waals surface area (Å²) in [6.45, 7) is 0. The molecule has 0 aliphatic heterocycles. The lowest BCUT2D eigenvalue weighted by Crippen LogP contribution is -1.80. The van der Waals surface area contributed by atoms with E-state index in [1.54, 1.807) is 6.07 Å². The van der Waals surface area contributed by atoms with Gasteiger partial charge >= 0.3 is 0 Å². The average Bonchev–Trinajstić information content (AvgIpc) is 2.51. The van der Waals surface area contributed by atoms with Crippen LogP contribution in [-0.2, 0) is 0 Å². The summed E-state index contributed by atoms with van der Waals surface area (Å²) in [6.07, 6.45) is 0. The second-order valence-electron chi connectivity index (χ2n) is 2.48. The van der Waals surface area contributed by atoms with Gasteiger partial charge in [-0.2, -0.15) is 0 Å². The van der Waals surface area contributed by atoms with Crippen LogP contribution in [0.1, 0.15) is 0 Å². The zero-order chi connectivity index (χ0) is 10.1. The summed E-state index contributed by atoms with van der Waals surface area (Å²) >= 11 is 9.36. The van der Waals surface area contributed by atoms with E-state index in [9.17, 15) is 4.39 Å². The summed E-state index contributed by atoms with van der Waals surface area (Å²) in [5, 5.41) is 8.86. The lowest BCUT2D eigenvalue weighted by Gasteiger charge is -1.98. The highest BCUT2D eigenvalue weighted by molar-refractivity contribution is 14.1. The highest BCUT2D eigenvalue weighted by Crippen LogP contribution is 2.30. The van der Waals surface area contributed by atoms with Crippen molar-refractivity contribution in [2.45, 2.75) is 0 Å². The molecular formula is C8H3ClFIN2S. The Morgan fingerprint density at radius 1 is 1.36 bits per heavy atom. The van der Waals surface area contributed by atoms with Gasteiger partial charge in [0.15, 0.2) is 3.01 Å². The molecule has 2 nitrogen and oxygen atoms in total. The Balaban J connectivity index is 2.52. The molecule has 0 N–H and O–H groups in total. The van der Waals surface area contributed by atoms with Crippen molar-refractivity contribution in [3.05, 3.63) is 32.1 Å². The van der Waals surface area contributed by atoms with Crippen molar-refractivity contribution in [1.82, 2.24) is 10.2 Å². The van der Waals surface area contributed by atoms with Crippen LogP contribution in [0.25, 0.3) is 10.6 Å². The van der Waals surface area contributed by atoms with Crippen molar-refractivity contribution in [1.29, 1.82) is 0 Å². The molecule has 0 bridgehead atoms. The van der Waals surface area contributed by atoms with Gasteiger partial charge in [-0.25, -0.2) is 4.39 Å². The van der Waals surface area contributed by atoms with Gasteiger partial charge in [0.1, 0.15) is 10.8 Å². The van der Waals surface area contributed by atoms with Crippen molar-refractivity contribution >= 4 is 45.5 Å². The molecule has 0 unspecified atom stereocenters. The Hall–Kier alpha value is -0.270. The maximum atomic E-state index is 12.7. The van der Waals surface area contributed by atoms with E-state index < -0.39 is 0 Å². The van der Waals surface area contributed by atoms with Crippen LogP contribution in [0.3, 0.4) is 0 Å². The predicted octanol–water partition coefficient (Wildman–Crippen LogP) is 3.60. The summed E-state index contributed by atoms with van der Waals surface area (Å²) in [4.78, 5) is 0. The number of halogens is 3. The van der Waals surface area contributed by atoms with E-state index in [4.69, 9.17) is 11.6 Å². The topological polar surface area (TPSA) is 25.8 Å². The number of benzene rings is 1. The third-order valence-electron chi connectivity index (χ3n) is 1.56. The van der Waals surface area contributed by atoms with Crippen LogP contribution in [0.5, 0.6) is 0 Å². The van der Waals surface area contributed by atoms with E-state index in [0.717, 1.165) is 3.01 Å². The van der Waals surface area contributed by atoms with Crippen molar-refractivity contribution < 1.29 is 4.39 Å². The number of hydrogen-bond donors (Lipinski definition) is 0. The average molecular weight is 341 g/mol. The highest BCUT2D eigenvalue weighted by Gasteiger charge is 2.09. The van der Waals surface area contributed by atoms with E-state index >= 15 is 0 Å². The van der Waals surface area contributed by atoms with Gasteiger partial charge in [-0.15, -0.1) is 10.2 Å². The van der Waals surface area contributed by atoms with Gasteiger partial charge in [0, 0.05) is 5.56 Å². The summed E-state index contributed by atoms with van der Waals surface area (Å²) in [5.41, 5.74) is 0.716. The van der Waals surface area contributed by atoms with Gasteiger partial charge in [0.2, 0.25) is 0 Å². The number of rotatable bonds is 1. The van der Waals surface area contributed by atoms with Gasteiger partial charge < -0.3 is 0 Å². The molecule has 2 aromatic rings. The second kappa shape index (κ2) is 4.08. The molecule has 0 saturated carbocycles. The molecular weight excluding hydrogens is 338 g/mol. The van der Waals surface area contributed by atoms with Crippen LogP contribution in [0.4, 0.5) is 4.39 Å². The van der Waals surface area contributed by atoms with Gasteiger partial charge in [0.25, 0.3) is 0 Å². The molecule has 72 valence electrons. The standard InChI is InChI=1S/C8H3ClFIN2S/c9-6-3-4(10)1-2-5(6)7-12-13-8(11)14-7/h1-3H. The SMILES string of the molecule is Fc1ccc(-c2nnc(I)s2)c(Cl)c1. The monoisotopic (exact) mass is 340 g/mol. The predicted molar refractivity (Wildman–Crippen MR) is 63.0 cm³/mol. The first-order valence-electron chi connectivity index (χ1n) is 3.61. The minimum atomic E-state index is -0.349. The molecule has 1 heterocycles. The molecule has 1 aromatic carbocycles. The fourth-order valence-corrected chi connectivity index (χ4v) is 2.63. The summed E-state index contributed by atoms with van der Waals surface area (Å²) < 4.78 is 13.6. The van der Waals surface area contributed by atoms with Crippen molar-refractivity contribution in [2.75, 3.05) is 0 Å². The summed E-state index contributed by atoms with van der Waals surface area (Å²) in [6, 6.07) is 4.23. The fraction of sp³-hybridized carbons (Fsp3) is 0. The molecule has 0 radical (unpaired) electrons. The number of nitrogens with zero attached hydrogens (tertiary/aromatic N) is 2. The minimum absolute atomic E-state index is 0.349. The summed E-state index contributed by atoms with van der Waals surface area (Å²) in [7, 11) is 0. The van der Waals surface area contributed by atoms with Gasteiger partial charge in [-0.05, 0) is 40.8 Å². The van der Waals surface area contributed by atoms with Crippen LogP contribution < -0.4 is 0 Å². The molecule has 0 aliphatic carbocycles. The third-order valence-corrected chi connectivity index (χ3v) is 3.50. The second-order valence-corrected chi connectivity index (χ2v) is 5.62. The molecule has 2 rings (SSSR count). The number of aromatic nitrogens is 2. The molecule has 6 heteroatoms. The van der Waals surface area contributed by atoms with Crippen LogP contribution >= 0.6 is 45.5 Å². The van der Waals surface area contributed by atoms with E-state index in [0.29, 0.717) is 15.6 Å². The third kappa shape index (κ3) is 2.04. The van der Waals surface area contributed by atoms with Crippen LogP contribution in [0, 0.1) is 8.83 Å². The van der Waals surface area contributed by atoms with Gasteiger partial charge in [-0.3, -0.25) is 0 Å². The lowest BCUT2D eigenvalue weighted by molar-refractivity contribution is 0.628. The normalized spacial score (nSPS) is 10.5. The Kier molecular flexibility index (Phi) is 2.99. The largest absolute Gasteiger partial charge is 0.207 e. The molecule has 0 fully saturated rings. The first-order valence-corrected chi connectivity index (χ1v) is 5.88. The van der Waals surface area contributed by atoms with Crippen molar-refractivity contribution in [2.24, 2.45) is 0 Å². The van der Waals surface area contributed by atoms with E-state index in [1.165, 1.54) is 23.5 Å². The Morgan fingerprint density at radius 3 is 2.71 bits per heavy atom. The quantitative estimate of drug-likeness (QED) is 0.741. The Morgan fingerprint density at radius 2 is 2.14 bits per heavy atom. The molecule has 1 aromatic heterocycles. The van der Waals surface area contributed by atoms with Gasteiger partial charge in [-0.1, -0.05) is 22.9 Å². The van der Waals surface area contributed by atoms with Crippen molar-refractivity contribution in [3.63, 3.8) is 0 Å². The maximum absolute atomic E-state index is 12.7. The Bertz CT molecular complexity index is 474. The molecule has 0 spiro atoms. The molecule has 0 atom stereocenters. The van der Waals surface area contributed by atoms with Crippen molar-refractivity contribution in [3.8, 4) is 10.6 Å². The zero-order valence-corrected chi connectivity index (χ0v) is 10.4. The first-order chi connectivity index (χ1) is 6.66. The number of hydrogen-bond acceptors (Lipinski definition) is 3.